The van der Waals surface area contributed by atoms with Crippen LogP contribution in [0.25, 0.3) is 0 Å². The first-order valence-corrected chi connectivity index (χ1v) is 8.08. The van der Waals surface area contributed by atoms with Gasteiger partial charge in [-0.2, -0.15) is 0 Å². The summed E-state index contributed by atoms with van der Waals surface area (Å²) in [6.45, 7) is 5.15. The Morgan fingerprint density at radius 1 is 1.14 bits per heavy atom. The Morgan fingerprint density at radius 3 is 2.67 bits per heavy atom. The molecule has 0 radical (unpaired) electrons. The van der Waals surface area contributed by atoms with Crippen molar-refractivity contribution in [2.75, 3.05) is 19.8 Å². The van der Waals surface area contributed by atoms with Crippen molar-refractivity contribution in [3.05, 3.63) is 23.8 Å². The van der Waals surface area contributed by atoms with Crippen molar-refractivity contribution >= 4 is 0 Å². The first-order chi connectivity index (χ1) is 10.3. The van der Waals surface area contributed by atoms with Gasteiger partial charge < -0.3 is 19.5 Å². The molecule has 0 unspecified atom stereocenters. The van der Waals surface area contributed by atoms with Gasteiger partial charge in [-0.3, -0.25) is 0 Å². The summed E-state index contributed by atoms with van der Waals surface area (Å²) in [5, 5.41) is 3.53. The van der Waals surface area contributed by atoms with Crippen molar-refractivity contribution in [3.8, 4) is 11.5 Å². The molecule has 1 aromatic rings. The Bertz CT molecular complexity index is 453. The number of benzene rings is 1. The lowest BCUT2D eigenvalue weighted by Crippen LogP contribution is -2.26. The third kappa shape index (κ3) is 4.35. The molecule has 21 heavy (non-hydrogen) atoms. The van der Waals surface area contributed by atoms with E-state index >= 15 is 0 Å². The summed E-state index contributed by atoms with van der Waals surface area (Å²) in [6, 6.07) is 7.00. The summed E-state index contributed by atoms with van der Waals surface area (Å²) in [6.07, 6.45) is 4.77. The molecule has 1 aromatic carbocycles. The molecule has 0 spiro atoms. The second-order valence-corrected chi connectivity index (χ2v) is 5.80. The highest BCUT2D eigenvalue weighted by Gasteiger charge is 2.21. The molecule has 1 N–H and O–H groups in total. The first-order valence-electron chi connectivity index (χ1n) is 8.08. The number of hydrogen-bond acceptors (Lipinski definition) is 4. The van der Waals surface area contributed by atoms with E-state index in [2.05, 4.69) is 17.4 Å². The van der Waals surface area contributed by atoms with Gasteiger partial charge in [-0.1, -0.05) is 6.07 Å². The van der Waals surface area contributed by atoms with E-state index in [1.54, 1.807) is 0 Å². The molecule has 0 amide bonds. The van der Waals surface area contributed by atoms with Crippen LogP contribution in [-0.2, 0) is 11.3 Å². The van der Waals surface area contributed by atoms with Crippen molar-refractivity contribution in [2.24, 2.45) is 0 Å². The molecule has 1 aliphatic heterocycles. The van der Waals surface area contributed by atoms with Gasteiger partial charge in [0, 0.05) is 25.4 Å². The number of nitrogens with one attached hydrogen (secondary N) is 1. The fourth-order valence-corrected chi connectivity index (χ4v) is 2.55. The van der Waals surface area contributed by atoms with Gasteiger partial charge in [-0.05, 0) is 37.5 Å². The number of rotatable bonds is 7. The number of hydrogen-bond donors (Lipinski definition) is 1. The van der Waals surface area contributed by atoms with Crippen LogP contribution in [0.4, 0.5) is 0 Å². The average Bonchev–Trinajstić information content (AvgIpc) is 3.33. The maximum absolute atomic E-state index is 6.11. The van der Waals surface area contributed by atoms with Crippen LogP contribution in [0.1, 0.15) is 38.2 Å². The van der Waals surface area contributed by atoms with E-state index in [0.29, 0.717) is 6.61 Å². The SMILES string of the molecule is CCOc1cc(CNC2CC2)ccc1OC1CCOCC1. The Kier molecular flexibility index (Phi) is 4.99. The minimum Gasteiger partial charge on any atom is -0.490 e. The van der Waals surface area contributed by atoms with Crippen LogP contribution in [0.5, 0.6) is 11.5 Å². The summed E-state index contributed by atoms with van der Waals surface area (Å²) in [7, 11) is 0. The molecule has 2 aliphatic rings. The smallest absolute Gasteiger partial charge is 0.161 e. The van der Waals surface area contributed by atoms with E-state index in [-0.39, 0.29) is 6.10 Å². The largest absolute Gasteiger partial charge is 0.490 e. The summed E-state index contributed by atoms with van der Waals surface area (Å²) in [5.74, 6) is 1.72. The van der Waals surface area contributed by atoms with E-state index in [1.165, 1.54) is 18.4 Å². The molecule has 0 bridgehead atoms. The van der Waals surface area contributed by atoms with E-state index in [1.807, 2.05) is 13.0 Å². The van der Waals surface area contributed by atoms with Crippen molar-refractivity contribution in [1.82, 2.24) is 5.32 Å². The summed E-state index contributed by atoms with van der Waals surface area (Å²) >= 11 is 0. The second-order valence-electron chi connectivity index (χ2n) is 5.80. The Labute approximate surface area is 126 Å². The van der Waals surface area contributed by atoms with Gasteiger partial charge in [-0.25, -0.2) is 0 Å². The zero-order valence-corrected chi connectivity index (χ0v) is 12.8. The van der Waals surface area contributed by atoms with E-state index in [0.717, 1.165) is 50.1 Å². The monoisotopic (exact) mass is 291 g/mol. The summed E-state index contributed by atoms with van der Waals surface area (Å²) in [5.41, 5.74) is 1.25. The first kappa shape index (κ1) is 14.7. The molecule has 0 atom stereocenters. The van der Waals surface area contributed by atoms with Gasteiger partial charge in [-0.15, -0.1) is 0 Å². The van der Waals surface area contributed by atoms with Crippen LogP contribution >= 0.6 is 0 Å². The molecule has 2 fully saturated rings. The van der Waals surface area contributed by atoms with Gasteiger partial charge in [0.25, 0.3) is 0 Å². The van der Waals surface area contributed by atoms with Crippen molar-refractivity contribution in [2.45, 2.75) is 51.3 Å². The fourth-order valence-electron chi connectivity index (χ4n) is 2.55. The van der Waals surface area contributed by atoms with Gasteiger partial charge in [0.05, 0.1) is 19.8 Å². The van der Waals surface area contributed by atoms with Crippen molar-refractivity contribution in [1.29, 1.82) is 0 Å². The predicted octanol–water partition coefficient (Wildman–Crippen LogP) is 2.90. The van der Waals surface area contributed by atoms with E-state index < -0.39 is 0 Å². The highest BCUT2D eigenvalue weighted by Crippen LogP contribution is 2.31. The number of ether oxygens (including phenoxy) is 3. The maximum atomic E-state index is 6.11. The molecule has 4 heteroatoms. The Morgan fingerprint density at radius 2 is 1.95 bits per heavy atom. The van der Waals surface area contributed by atoms with Gasteiger partial charge >= 0.3 is 0 Å². The van der Waals surface area contributed by atoms with Gasteiger partial charge in [0.15, 0.2) is 11.5 Å². The molecule has 1 saturated heterocycles. The molecular weight excluding hydrogens is 266 g/mol. The normalized spacial score (nSPS) is 19.5. The molecule has 4 nitrogen and oxygen atoms in total. The fraction of sp³-hybridized carbons (Fsp3) is 0.647. The van der Waals surface area contributed by atoms with Crippen LogP contribution in [0.15, 0.2) is 18.2 Å². The van der Waals surface area contributed by atoms with Crippen LogP contribution < -0.4 is 14.8 Å². The predicted molar refractivity (Wildman–Crippen MR) is 81.9 cm³/mol. The molecular formula is C17H25NO3. The zero-order valence-electron chi connectivity index (χ0n) is 12.8. The lowest BCUT2D eigenvalue weighted by Gasteiger charge is -2.24. The molecule has 116 valence electrons. The van der Waals surface area contributed by atoms with E-state index in [9.17, 15) is 0 Å². The zero-order chi connectivity index (χ0) is 14.5. The standard InChI is InChI=1S/C17H25NO3/c1-2-20-17-11-13(12-18-14-4-5-14)3-6-16(17)21-15-7-9-19-10-8-15/h3,6,11,14-15,18H,2,4-5,7-10,12H2,1H3. The molecule has 1 aliphatic carbocycles. The quantitative estimate of drug-likeness (QED) is 0.838. The minimum atomic E-state index is 0.244. The van der Waals surface area contributed by atoms with Gasteiger partial charge in [0.2, 0.25) is 0 Å². The van der Waals surface area contributed by atoms with Crippen molar-refractivity contribution in [3.63, 3.8) is 0 Å². The lowest BCUT2D eigenvalue weighted by molar-refractivity contribution is 0.0243. The van der Waals surface area contributed by atoms with Crippen LogP contribution in [0.3, 0.4) is 0 Å². The molecule has 3 rings (SSSR count). The Hall–Kier alpha value is -1.26. The van der Waals surface area contributed by atoms with Crippen molar-refractivity contribution < 1.29 is 14.2 Å². The molecule has 1 saturated carbocycles. The lowest BCUT2D eigenvalue weighted by atomic mass is 10.1. The summed E-state index contributed by atoms with van der Waals surface area (Å²) < 4.78 is 17.2. The van der Waals surface area contributed by atoms with Crippen LogP contribution in [0, 0.1) is 0 Å². The minimum absolute atomic E-state index is 0.244. The molecule has 1 heterocycles. The third-order valence-electron chi connectivity index (χ3n) is 3.94. The molecule has 0 aromatic heterocycles. The summed E-state index contributed by atoms with van der Waals surface area (Å²) in [4.78, 5) is 0. The second kappa shape index (κ2) is 7.14. The van der Waals surface area contributed by atoms with Crippen LogP contribution in [-0.4, -0.2) is 32.0 Å². The van der Waals surface area contributed by atoms with E-state index in [4.69, 9.17) is 14.2 Å². The van der Waals surface area contributed by atoms with Gasteiger partial charge in [0.1, 0.15) is 6.10 Å². The maximum Gasteiger partial charge on any atom is 0.161 e. The highest BCUT2D eigenvalue weighted by atomic mass is 16.5. The van der Waals surface area contributed by atoms with Crippen LogP contribution in [0.2, 0.25) is 0 Å². The average molecular weight is 291 g/mol. The topological polar surface area (TPSA) is 39.7 Å². The Balaban J connectivity index is 1.65. The highest BCUT2D eigenvalue weighted by molar-refractivity contribution is 5.43. The third-order valence-corrected chi connectivity index (χ3v) is 3.94.